The van der Waals surface area contributed by atoms with Gasteiger partial charge in [-0.05, 0) is 26.0 Å². The van der Waals surface area contributed by atoms with Gasteiger partial charge in [-0.1, -0.05) is 12.1 Å². The second kappa shape index (κ2) is 4.26. The molecule has 4 heteroatoms. The number of hydrogen-bond acceptors (Lipinski definition) is 2. The third-order valence-electron chi connectivity index (χ3n) is 2.11. The van der Waals surface area contributed by atoms with Crippen LogP contribution in [0.5, 0.6) is 5.75 Å². The van der Waals surface area contributed by atoms with Crippen LogP contribution in [-0.4, -0.2) is 16.3 Å². The molecule has 0 unspecified atom stereocenters. The highest BCUT2D eigenvalue weighted by atomic mass is 16.5. The van der Waals surface area contributed by atoms with Crippen molar-refractivity contribution >= 4 is 0 Å². The molecule has 1 aromatic carbocycles. The summed E-state index contributed by atoms with van der Waals surface area (Å²) in [6, 6.07) is 9.15. The molecule has 0 aliphatic carbocycles. The molecule has 0 aliphatic rings. The van der Waals surface area contributed by atoms with Crippen LogP contribution < -0.4 is 10.3 Å². The van der Waals surface area contributed by atoms with Crippen LogP contribution in [-0.2, 0) is 0 Å². The topological polar surface area (TPSA) is 57.9 Å². The van der Waals surface area contributed by atoms with Crippen LogP contribution in [0.25, 0.3) is 11.3 Å². The Morgan fingerprint density at radius 3 is 2.62 bits per heavy atom. The summed E-state index contributed by atoms with van der Waals surface area (Å²) >= 11 is 0. The van der Waals surface area contributed by atoms with Gasteiger partial charge in [0.2, 0.25) is 0 Å². The second-order valence-corrected chi connectivity index (χ2v) is 3.87. The van der Waals surface area contributed by atoms with E-state index in [1.165, 1.54) is 6.07 Å². The number of aromatic nitrogens is 2. The molecule has 1 heterocycles. The maximum Gasteiger partial charge on any atom is 0.264 e. The van der Waals surface area contributed by atoms with E-state index in [-0.39, 0.29) is 11.7 Å². The van der Waals surface area contributed by atoms with Gasteiger partial charge in [-0.2, -0.15) is 0 Å². The summed E-state index contributed by atoms with van der Waals surface area (Å²) in [6.45, 7) is 3.95. The van der Waals surface area contributed by atoms with E-state index in [1.54, 1.807) is 0 Å². The van der Waals surface area contributed by atoms with Crippen molar-refractivity contribution in [2.75, 3.05) is 0 Å². The van der Waals surface area contributed by atoms with Gasteiger partial charge in [0.05, 0.1) is 11.8 Å². The van der Waals surface area contributed by atoms with E-state index in [1.807, 2.05) is 38.1 Å². The molecule has 0 fully saturated rings. The first-order valence-electron chi connectivity index (χ1n) is 5.20. The van der Waals surface area contributed by atoms with Crippen LogP contribution in [0.4, 0.5) is 0 Å². The minimum Gasteiger partial charge on any atom is -0.491 e. The highest BCUT2D eigenvalue weighted by Crippen LogP contribution is 2.21. The van der Waals surface area contributed by atoms with Gasteiger partial charge < -0.3 is 4.74 Å². The predicted octanol–water partition coefficient (Wildman–Crippen LogP) is 2.16. The lowest BCUT2D eigenvalue weighted by molar-refractivity contribution is 0.242. The van der Waals surface area contributed by atoms with Gasteiger partial charge in [0.15, 0.2) is 0 Å². The molecule has 2 N–H and O–H groups in total. The summed E-state index contributed by atoms with van der Waals surface area (Å²) in [4.78, 5) is 11.0. The quantitative estimate of drug-likeness (QED) is 0.829. The molecule has 1 aromatic heterocycles. The number of benzene rings is 1. The summed E-state index contributed by atoms with van der Waals surface area (Å²) in [6.07, 6.45) is 0.139. The van der Waals surface area contributed by atoms with E-state index in [0.29, 0.717) is 0 Å². The summed E-state index contributed by atoms with van der Waals surface area (Å²) in [5.41, 5.74) is 1.56. The van der Waals surface area contributed by atoms with Crippen molar-refractivity contribution in [1.29, 1.82) is 0 Å². The van der Waals surface area contributed by atoms with E-state index in [2.05, 4.69) is 10.2 Å². The molecule has 0 saturated carbocycles. The van der Waals surface area contributed by atoms with E-state index in [4.69, 9.17) is 4.74 Å². The lowest BCUT2D eigenvalue weighted by Gasteiger charge is -2.10. The van der Waals surface area contributed by atoms with Gasteiger partial charge in [-0.15, -0.1) is 0 Å². The minimum absolute atomic E-state index is 0.134. The SMILES string of the molecule is CC(C)Oc1cccc(-c2cc(=O)[nH][nH]2)c1. The van der Waals surface area contributed by atoms with E-state index in [0.717, 1.165) is 17.0 Å². The zero-order valence-electron chi connectivity index (χ0n) is 9.28. The maximum atomic E-state index is 11.0. The van der Waals surface area contributed by atoms with Crippen molar-refractivity contribution in [2.24, 2.45) is 0 Å². The fraction of sp³-hybridized carbons (Fsp3) is 0.250. The number of nitrogens with one attached hydrogen (secondary N) is 2. The predicted molar refractivity (Wildman–Crippen MR) is 62.6 cm³/mol. The number of hydrogen-bond donors (Lipinski definition) is 2. The van der Waals surface area contributed by atoms with Crippen LogP contribution >= 0.6 is 0 Å². The van der Waals surface area contributed by atoms with Gasteiger partial charge in [0.1, 0.15) is 5.75 Å². The molecule has 2 aromatic rings. The molecular weight excluding hydrogens is 204 g/mol. The average molecular weight is 218 g/mol. The number of ether oxygens (including phenoxy) is 1. The van der Waals surface area contributed by atoms with Crippen LogP contribution in [0, 0.1) is 0 Å². The monoisotopic (exact) mass is 218 g/mol. The van der Waals surface area contributed by atoms with Crippen molar-refractivity contribution in [2.45, 2.75) is 20.0 Å². The fourth-order valence-corrected chi connectivity index (χ4v) is 1.50. The zero-order chi connectivity index (χ0) is 11.5. The van der Waals surface area contributed by atoms with Crippen LogP contribution in [0.1, 0.15) is 13.8 Å². The third kappa shape index (κ3) is 2.34. The Labute approximate surface area is 93.3 Å². The fourth-order valence-electron chi connectivity index (χ4n) is 1.50. The number of rotatable bonds is 3. The molecule has 0 bridgehead atoms. The average Bonchev–Trinajstić information content (AvgIpc) is 2.64. The Kier molecular flexibility index (Phi) is 2.81. The van der Waals surface area contributed by atoms with Gasteiger partial charge in [0, 0.05) is 11.6 Å². The van der Waals surface area contributed by atoms with Crippen LogP contribution in [0.3, 0.4) is 0 Å². The molecule has 84 valence electrons. The maximum absolute atomic E-state index is 11.0. The van der Waals surface area contributed by atoms with Gasteiger partial charge >= 0.3 is 0 Å². The van der Waals surface area contributed by atoms with Crippen molar-refractivity contribution < 1.29 is 4.74 Å². The molecule has 0 saturated heterocycles. The molecule has 0 spiro atoms. The minimum atomic E-state index is -0.134. The van der Waals surface area contributed by atoms with Crippen LogP contribution in [0.2, 0.25) is 0 Å². The van der Waals surface area contributed by atoms with Crippen LogP contribution in [0.15, 0.2) is 35.1 Å². The summed E-state index contributed by atoms with van der Waals surface area (Å²) in [5, 5.41) is 5.32. The molecule has 0 aliphatic heterocycles. The molecular formula is C12H14N2O2. The number of aromatic amines is 2. The first-order chi connectivity index (χ1) is 7.65. The Morgan fingerprint density at radius 1 is 1.19 bits per heavy atom. The second-order valence-electron chi connectivity index (χ2n) is 3.87. The van der Waals surface area contributed by atoms with E-state index in [9.17, 15) is 4.79 Å². The zero-order valence-corrected chi connectivity index (χ0v) is 9.28. The summed E-state index contributed by atoms with van der Waals surface area (Å²) in [7, 11) is 0. The summed E-state index contributed by atoms with van der Waals surface area (Å²) < 4.78 is 5.58. The molecule has 0 radical (unpaired) electrons. The Balaban J connectivity index is 2.32. The van der Waals surface area contributed by atoms with Crippen molar-refractivity contribution in [1.82, 2.24) is 10.2 Å². The Morgan fingerprint density at radius 2 is 2.00 bits per heavy atom. The molecule has 0 amide bonds. The number of H-pyrrole nitrogens is 2. The van der Waals surface area contributed by atoms with Crippen molar-refractivity contribution in [3.63, 3.8) is 0 Å². The first-order valence-corrected chi connectivity index (χ1v) is 5.20. The van der Waals surface area contributed by atoms with E-state index < -0.39 is 0 Å². The van der Waals surface area contributed by atoms with E-state index >= 15 is 0 Å². The third-order valence-corrected chi connectivity index (χ3v) is 2.11. The Hall–Kier alpha value is -1.97. The normalized spacial score (nSPS) is 10.7. The highest BCUT2D eigenvalue weighted by molar-refractivity contribution is 5.60. The van der Waals surface area contributed by atoms with Gasteiger partial charge in [0.25, 0.3) is 5.56 Å². The molecule has 4 nitrogen and oxygen atoms in total. The highest BCUT2D eigenvalue weighted by Gasteiger charge is 2.03. The first kappa shape index (κ1) is 10.5. The summed E-state index contributed by atoms with van der Waals surface area (Å²) in [5.74, 6) is 0.801. The standard InChI is InChI=1S/C12H14N2O2/c1-8(2)16-10-5-3-4-9(6-10)11-7-12(15)14-13-11/h3-8H,1-2H3,(H2,13,14,15). The lowest BCUT2D eigenvalue weighted by atomic mass is 10.1. The Bertz CT molecular complexity index is 526. The smallest absolute Gasteiger partial charge is 0.264 e. The molecule has 16 heavy (non-hydrogen) atoms. The molecule has 2 rings (SSSR count). The van der Waals surface area contributed by atoms with Gasteiger partial charge in [-0.3, -0.25) is 15.0 Å². The van der Waals surface area contributed by atoms with Crippen molar-refractivity contribution in [3.05, 3.63) is 40.7 Å². The van der Waals surface area contributed by atoms with Gasteiger partial charge in [-0.25, -0.2) is 0 Å². The van der Waals surface area contributed by atoms with Crippen molar-refractivity contribution in [3.8, 4) is 17.0 Å². The lowest BCUT2D eigenvalue weighted by Crippen LogP contribution is -2.05. The largest absolute Gasteiger partial charge is 0.491 e. The molecule has 0 atom stereocenters.